The number of carbonyl (C=O) groups is 2. The Morgan fingerprint density at radius 3 is 1.52 bits per heavy atom. The number of hydrogen-bond acceptors (Lipinski definition) is 11. The Morgan fingerprint density at radius 2 is 1.08 bits per heavy atom. The van der Waals surface area contributed by atoms with E-state index >= 15 is 0 Å². The minimum atomic E-state index is -0.614. The highest BCUT2D eigenvalue weighted by molar-refractivity contribution is 5.84. The number of benzene rings is 4. The highest BCUT2D eigenvalue weighted by atomic mass is 16.9. The summed E-state index contributed by atoms with van der Waals surface area (Å²) in [5, 5.41) is 6.43. The van der Waals surface area contributed by atoms with Gasteiger partial charge in [-0.2, -0.15) is 0 Å². The SMILES string of the molecule is O=C([C@H](NC1OCO1)c1ccccc1)N1CCC[C@H]1c1ncc(-c2ccc(COc3ccc(-c4cnc([C@@H]5CCCN5C(=O)[C@H](NC5OCO5)c5ccccc5)[nH]4)cc3)cc2)[nH]1. The van der Waals surface area contributed by atoms with E-state index in [0.717, 1.165) is 82.3 Å². The van der Waals surface area contributed by atoms with Gasteiger partial charge in [-0.1, -0.05) is 84.9 Å². The Morgan fingerprint density at radius 1 is 0.629 bits per heavy atom. The number of hydrogen-bond donors (Lipinski definition) is 4. The van der Waals surface area contributed by atoms with Crippen molar-refractivity contribution in [2.75, 3.05) is 26.7 Å². The predicted molar refractivity (Wildman–Crippen MR) is 226 cm³/mol. The van der Waals surface area contributed by atoms with Crippen LogP contribution in [0, 0.1) is 0 Å². The summed E-state index contributed by atoms with van der Waals surface area (Å²) in [5.41, 5.74) is 6.44. The van der Waals surface area contributed by atoms with E-state index in [9.17, 15) is 9.59 Å². The van der Waals surface area contributed by atoms with Crippen LogP contribution in [-0.2, 0) is 35.1 Å². The number of likely N-dealkylation sites (tertiary alicyclic amines) is 2. The van der Waals surface area contributed by atoms with Crippen molar-refractivity contribution in [1.82, 2.24) is 40.4 Å². The second-order valence-electron chi connectivity index (χ2n) is 15.8. The molecule has 10 rings (SSSR count). The van der Waals surface area contributed by atoms with Crippen molar-refractivity contribution in [2.24, 2.45) is 0 Å². The first kappa shape index (κ1) is 39.9. The lowest BCUT2D eigenvalue weighted by molar-refractivity contribution is -0.335. The summed E-state index contributed by atoms with van der Waals surface area (Å²) in [4.78, 5) is 48.3. The zero-order chi connectivity index (χ0) is 41.8. The molecule has 62 heavy (non-hydrogen) atoms. The number of imidazole rings is 2. The minimum Gasteiger partial charge on any atom is -0.489 e. The molecule has 4 aromatic carbocycles. The van der Waals surface area contributed by atoms with Crippen LogP contribution in [-0.4, -0.2) is 81.1 Å². The molecule has 4 aliphatic rings. The van der Waals surface area contributed by atoms with Gasteiger partial charge in [0.05, 0.1) is 35.9 Å². The van der Waals surface area contributed by atoms with E-state index in [2.05, 4.69) is 32.7 Å². The van der Waals surface area contributed by atoms with Crippen LogP contribution in [0.5, 0.6) is 5.75 Å². The first-order chi connectivity index (χ1) is 30.5. The van der Waals surface area contributed by atoms with E-state index in [1.165, 1.54) is 0 Å². The van der Waals surface area contributed by atoms with Crippen LogP contribution in [0.2, 0.25) is 0 Å². The van der Waals surface area contributed by atoms with Gasteiger partial charge in [0, 0.05) is 13.1 Å². The Bertz CT molecular complexity index is 2270. The van der Waals surface area contributed by atoms with Crippen LogP contribution in [0.4, 0.5) is 0 Å². The average Bonchev–Trinajstić information content (AvgIpc) is 4.13. The maximum Gasteiger partial charge on any atom is 0.245 e. The molecule has 2 aromatic heterocycles. The van der Waals surface area contributed by atoms with Gasteiger partial charge in [0.2, 0.25) is 24.6 Å². The number of aromatic amines is 2. The van der Waals surface area contributed by atoms with Crippen LogP contribution in [0.25, 0.3) is 22.5 Å². The third-order valence-corrected chi connectivity index (χ3v) is 12.0. The van der Waals surface area contributed by atoms with Crippen LogP contribution in [0.1, 0.15) is 78.2 Å². The van der Waals surface area contributed by atoms with Gasteiger partial charge in [-0.25, -0.2) is 9.97 Å². The fourth-order valence-electron chi connectivity index (χ4n) is 8.59. The van der Waals surface area contributed by atoms with Crippen LogP contribution >= 0.6 is 0 Å². The van der Waals surface area contributed by atoms with Gasteiger partial charge in [-0.05, 0) is 77.8 Å². The summed E-state index contributed by atoms with van der Waals surface area (Å²) in [6.07, 6.45) is 5.84. The molecule has 4 aliphatic heterocycles. The molecule has 4 atom stereocenters. The standard InChI is InChI=1S/C47H48N8O7/c56-44(40(52-46-59-28-60-46)33-9-3-1-4-10-33)54-23-7-13-38(54)42-48-25-36(50-42)31-17-15-30(16-18-31)27-58-35-21-19-32(20-22-35)37-26-49-43(51-37)39-14-8-24-55(39)45(57)41(53-47-61-29-62-47)34-11-5-2-6-12-34/h1-6,9-12,15-22,25-26,38-41,46-47,52-53H,7-8,13-14,23-24,27-29H2,(H,48,50)(H,49,51)/t38-,39-,40+,41+/m0/s1. The molecule has 15 nitrogen and oxygen atoms in total. The molecule has 15 heteroatoms. The molecule has 0 radical (unpaired) electrons. The first-order valence-corrected chi connectivity index (χ1v) is 21.2. The van der Waals surface area contributed by atoms with E-state index in [1.54, 1.807) is 0 Å². The first-order valence-electron chi connectivity index (χ1n) is 21.2. The number of carbonyl (C=O) groups excluding carboxylic acids is 2. The molecule has 6 heterocycles. The predicted octanol–water partition coefficient (Wildman–Crippen LogP) is 6.61. The highest BCUT2D eigenvalue weighted by Gasteiger charge is 2.39. The molecule has 0 unspecified atom stereocenters. The van der Waals surface area contributed by atoms with E-state index in [1.807, 2.05) is 119 Å². The van der Waals surface area contributed by atoms with Crippen molar-refractivity contribution in [3.8, 4) is 28.3 Å². The smallest absolute Gasteiger partial charge is 0.245 e. The highest BCUT2D eigenvalue weighted by Crippen LogP contribution is 2.36. The van der Waals surface area contributed by atoms with Gasteiger partial charge >= 0.3 is 0 Å². The van der Waals surface area contributed by atoms with Gasteiger partial charge < -0.3 is 43.5 Å². The lowest BCUT2D eigenvalue weighted by Gasteiger charge is -2.34. The summed E-state index contributed by atoms with van der Waals surface area (Å²) in [7, 11) is 0. The molecule has 318 valence electrons. The number of nitrogens with one attached hydrogen (secondary N) is 4. The fourth-order valence-corrected chi connectivity index (χ4v) is 8.59. The van der Waals surface area contributed by atoms with Crippen LogP contribution < -0.4 is 15.4 Å². The number of aromatic nitrogens is 4. The lowest BCUT2D eigenvalue weighted by Crippen LogP contribution is -2.50. The Hall–Kier alpha value is -6.20. The number of amides is 2. The zero-order valence-corrected chi connectivity index (χ0v) is 34.0. The zero-order valence-electron chi connectivity index (χ0n) is 34.0. The number of rotatable bonds is 15. The largest absolute Gasteiger partial charge is 0.489 e. The third-order valence-electron chi connectivity index (χ3n) is 12.0. The second kappa shape index (κ2) is 18.0. The maximum atomic E-state index is 14.0. The van der Waals surface area contributed by atoms with Crippen molar-refractivity contribution < 1.29 is 33.3 Å². The monoisotopic (exact) mass is 836 g/mol. The van der Waals surface area contributed by atoms with E-state index in [4.69, 9.17) is 33.7 Å². The van der Waals surface area contributed by atoms with Crippen molar-refractivity contribution >= 4 is 11.8 Å². The Kier molecular flexibility index (Phi) is 11.6. The second-order valence-corrected chi connectivity index (χ2v) is 15.8. The summed E-state index contributed by atoms with van der Waals surface area (Å²) in [6, 6.07) is 33.9. The van der Waals surface area contributed by atoms with Gasteiger partial charge in [0.1, 0.15) is 36.1 Å². The van der Waals surface area contributed by atoms with Gasteiger partial charge in [-0.3, -0.25) is 20.2 Å². The van der Waals surface area contributed by atoms with E-state index < -0.39 is 24.9 Å². The van der Waals surface area contributed by atoms with Gasteiger partial charge in [0.15, 0.2) is 13.6 Å². The summed E-state index contributed by atoms with van der Waals surface area (Å²) >= 11 is 0. The van der Waals surface area contributed by atoms with Crippen molar-refractivity contribution in [3.05, 3.63) is 150 Å². The number of nitrogens with zero attached hydrogens (tertiary/aromatic N) is 4. The average molecular weight is 837 g/mol. The molecule has 0 saturated carbocycles. The molecule has 4 N–H and O–H groups in total. The van der Waals surface area contributed by atoms with Gasteiger partial charge in [0.25, 0.3) is 0 Å². The topological polar surface area (TPSA) is 168 Å². The third kappa shape index (κ3) is 8.50. The number of H-pyrrole nitrogens is 2. The van der Waals surface area contributed by atoms with Crippen molar-refractivity contribution in [3.63, 3.8) is 0 Å². The molecule has 0 bridgehead atoms. The number of ether oxygens (including phenoxy) is 5. The maximum absolute atomic E-state index is 14.0. The molecular weight excluding hydrogens is 789 g/mol. The van der Waals surface area contributed by atoms with Crippen molar-refractivity contribution in [1.29, 1.82) is 0 Å². The minimum absolute atomic E-state index is 0.0382. The quantitative estimate of drug-likeness (QED) is 0.0879. The molecule has 0 spiro atoms. The van der Waals surface area contributed by atoms with Crippen LogP contribution in [0.3, 0.4) is 0 Å². The normalized spacial score (nSPS) is 20.1. The van der Waals surface area contributed by atoms with Crippen LogP contribution in [0.15, 0.2) is 122 Å². The molecule has 0 aliphatic carbocycles. The molecule has 2 amide bonds. The lowest BCUT2D eigenvalue weighted by atomic mass is 10.0. The summed E-state index contributed by atoms with van der Waals surface area (Å²) < 4.78 is 27.9. The van der Waals surface area contributed by atoms with E-state index in [0.29, 0.717) is 19.7 Å². The molecular formula is C47H48N8O7. The molecule has 6 aromatic rings. The van der Waals surface area contributed by atoms with Gasteiger partial charge in [-0.15, -0.1) is 0 Å². The molecule has 4 fully saturated rings. The Labute approximate surface area is 358 Å². The fraction of sp³-hybridized carbons (Fsp3) is 0.319. The van der Waals surface area contributed by atoms with E-state index in [-0.39, 0.29) is 37.5 Å². The van der Waals surface area contributed by atoms with Crippen molar-refractivity contribution in [2.45, 2.75) is 69.3 Å². The summed E-state index contributed by atoms with van der Waals surface area (Å²) in [6.45, 7) is 2.10. The molecule has 4 saturated heterocycles. The Balaban J connectivity index is 0.746. The summed E-state index contributed by atoms with van der Waals surface area (Å²) in [5.74, 6) is 2.19.